The Morgan fingerprint density at radius 2 is 1.04 bits per heavy atom. The van der Waals surface area contributed by atoms with Crippen molar-refractivity contribution >= 4 is 136 Å². The first-order valence-electron chi connectivity index (χ1n) is 24.3. The minimum Gasteiger partial charge on any atom is -0.406 e. The molecule has 436 valence electrons. The Morgan fingerprint density at radius 3 is 1.45 bits per heavy atom. The van der Waals surface area contributed by atoms with Crippen molar-refractivity contribution in [3.63, 3.8) is 0 Å². The molecule has 83 heavy (non-hydrogen) atoms. The summed E-state index contributed by atoms with van der Waals surface area (Å²) in [4.78, 5) is 72.2. The molecule has 0 unspecified atom stereocenters. The van der Waals surface area contributed by atoms with Crippen molar-refractivity contribution in [2.75, 3.05) is 49.0 Å². The van der Waals surface area contributed by atoms with Crippen LogP contribution in [0, 0.1) is 30.3 Å². The van der Waals surface area contributed by atoms with Crippen LogP contribution in [0.1, 0.15) is 49.5 Å². The van der Waals surface area contributed by atoms with E-state index >= 15 is 4.39 Å². The highest BCUT2D eigenvalue weighted by atomic mass is 79.9. The lowest BCUT2D eigenvalue weighted by atomic mass is 10.1. The molecule has 1 aliphatic carbocycles. The third-order valence-electron chi connectivity index (χ3n) is 11.7. The number of carbonyl (C=O) groups excluding carboxylic acids is 3. The Morgan fingerprint density at radius 1 is 0.614 bits per heavy atom. The first-order chi connectivity index (χ1) is 39.7. The minimum atomic E-state index is -4.83. The molecule has 11 N–H and O–H groups in total. The van der Waals surface area contributed by atoms with Crippen LogP contribution < -0.4 is 37.1 Å². The van der Waals surface area contributed by atoms with Gasteiger partial charge in [0, 0.05) is 15.2 Å². The van der Waals surface area contributed by atoms with Crippen LogP contribution >= 0.6 is 50.7 Å². The number of alkyl halides is 3. The molecular formula is C52H44BrCl3F6N12O9. The van der Waals surface area contributed by atoms with E-state index in [2.05, 4.69) is 83.0 Å². The number of amides is 3. The summed E-state index contributed by atoms with van der Waals surface area (Å²) < 4.78 is 87.0. The van der Waals surface area contributed by atoms with E-state index in [0.29, 0.717) is 56.1 Å². The molecular weight excluding hydrogens is 1240 g/mol. The number of hydrogen-bond acceptors (Lipinski definition) is 15. The van der Waals surface area contributed by atoms with Crippen LogP contribution in [0.4, 0.5) is 60.5 Å². The summed E-state index contributed by atoms with van der Waals surface area (Å²) in [6.07, 6.45) is 1.17. The Balaban J connectivity index is 0.000000164. The highest BCUT2D eigenvalue weighted by Gasteiger charge is 2.32. The van der Waals surface area contributed by atoms with Crippen LogP contribution in [0.3, 0.4) is 0 Å². The maximum atomic E-state index is 15.2. The molecule has 0 aliphatic heterocycles. The zero-order valence-electron chi connectivity index (χ0n) is 42.6. The second kappa shape index (κ2) is 27.4. The number of aryl methyl sites for hydroxylation is 1. The Hall–Kier alpha value is -7.93. The number of H-pyrrole nitrogens is 3. The van der Waals surface area contributed by atoms with Crippen molar-refractivity contribution in [3.8, 4) is 5.75 Å². The van der Waals surface area contributed by atoms with Crippen molar-refractivity contribution < 1.29 is 70.2 Å². The third-order valence-corrected chi connectivity index (χ3v) is 13.0. The summed E-state index contributed by atoms with van der Waals surface area (Å²) in [5.74, 6) is -4.31. The molecule has 0 atom stereocenters. The SMILES string of the molecule is Cc1cc(OC(F)(F)F)ccc1Nc1c(C(=O)NOCC2CC2)cc2[nH]cnc2c1F.O=C(NOCCO)c1cc2[nH]cnc2c(F)c1Nc1ccc(Br)cc1Cl.O=C(NOCCO)c1cc2[nH]cnc2c(F)c1Nc1ccc(Cl)cc1Cl. The van der Waals surface area contributed by atoms with Gasteiger partial charge in [-0.2, -0.15) is 0 Å². The largest absolute Gasteiger partial charge is 0.573 e. The highest BCUT2D eigenvalue weighted by Crippen LogP contribution is 2.37. The van der Waals surface area contributed by atoms with Crippen molar-refractivity contribution in [2.45, 2.75) is 26.1 Å². The van der Waals surface area contributed by atoms with Crippen molar-refractivity contribution in [3.05, 3.63) is 151 Å². The van der Waals surface area contributed by atoms with E-state index in [9.17, 15) is 36.3 Å². The van der Waals surface area contributed by atoms with Crippen molar-refractivity contribution in [2.24, 2.45) is 5.92 Å². The Kier molecular flexibility index (Phi) is 20.2. The van der Waals surface area contributed by atoms with Gasteiger partial charge < -0.3 is 45.9 Å². The summed E-state index contributed by atoms with van der Waals surface area (Å²) in [7, 11) is 0. The molecule has 0 saturated heterocycles. The minimum absolute atomic E-state index is 0.00706. The number of rotatable bonds is 19. The standard InChI is InChI=1S/C20H18F4N4O3.C16H13BrClFN4O3.C16H13Cl2FN4O3/c1-10-6-12(31-20(22,23)24)4-5-14(10)27-17-13(19(29)28-30-8-11-2-3-11)7-15-18(16(17)21)26-9-25-15;2*17-8-1-2-11(10(18)5-8)22-14-9(16(25)23-26-4-3-24)6-12-15(13(14)19)21-7-20-12/h4-7,9,11,27H,2-3,8H2,1H3,(H,25,26)(H,28,29);2*1-2,5-7,22,24H,3-4H2,(H,20,21)(H,23,25). The Labute approximate surface area is 487 Å². The van der Waals surface area contributed by atoms with E-state index in [0.717, 1.165) is 29.4 Å². The van der Waals surface area contributed by atoms with E-state index in [4.69, 9.17) is 59.5 Å². The fourth-order valence-electron chi connectivity index (χ4n) is 7.59. The van der Waals surface area contributed by atoms with Gasteiger partial charge in [-0.05, 0) is 104 Å². The van der Waals surface area contributed by atoms with Gasteiger partial charge in [0.25, 0.3) is 17.7 Å². The van der Waals surface area contributed by atoms with Crippen LogP contribution in [0.15, 0.2) is 96.3 Å². The fraction of sp³-hybridized carbons (Fsp3) is 0.192. The Bertz CT molecular complexity index is 3680. The second-order valence-corrected chi connectivity index (χ2v) is 19.7. The number of fused-ring (bicyclic) bond motifs is 3. The molecule has 0 bridgehead atoms. The average molecular weight is 1280 g/mol. The monoisotopic (exact) mass is 1280 g/mol. The number of ether oxygens (including phenoxy) is 1. The summed E-state index contributed by atoms with van der Waals surface area (Å²) >= 11 is 21.5. The maximum Gasteiger partial charge on any atom is 0.573 e. The highest BCUT2D eigenvalue weighted by molar-refractivity contribution is 9.10. The first-order valence-corrected chi connectivity index (χ1v) is 26.2. The molecule has 9 aromatic rings. The first kappa shape index (κ1) is 61.1. The summed E-state index contributed by atoms with van der Waals surface area (Å²) in [5.41, 5.74) is 8.62. The number of aliphatic hydroxyl groups is 2. The molecule has 1 fully saturated rings. The van der Waals surface area contributed by atoms with Crippen LogP contribution in [0.5, 0.6) is 5.75 Å². The molecule has 0 spiro atoms. The van der Waals surface area contributed by atoms with Crippen molar-refractivity contribution in [1.82, 2.24) is 46.3 Å². The lowest BCUT2D eigenvalue weighted by Gasteiger charge is -2.16. The van der Waals surface area contributed by atoms with Gasteiger partial charge in [-0.1, -0.05) is 50.7 Å². The predicted molar refractivity (Wildman–Crippen MR) is 299 cm³/mol. The number of benzene rings is 6. The molecule has 10 rings (SSSR count). The molecule has 1 saturated carbocycles. The van der Waals surface area contributed by atoms with Crippen LogP contribution in [0.25, 0.3) is 33.1 Å². The maximum absolute atomic E-state index is 15.2. The number of carbonyl (C=O) groups is 3. The van der Waals surface area contributed by atoms with Gasteiger partial charge in [0.2, 0.25) is 0 Å². The van der Waals surface area contributed by atoms with E-state index in [-0.39, 0.29) is 87.4 Å². The zero-order chi connectivity index (χ0) is 59.5. The van der Waals surface area contributed by atoms with E-state index in [1.807, 2.05) is 0 Å². The van der Waals surface area contributed by atoms with Gasteiger partial charge in [-0.3, -0.25) is 28.9 Å². The van der Waals surface area contributed by atoms with Crippen LogP contribution in [-0.2, 0) is 14.5 Å². The molecule has 3 aromatic heterocycles. The van der Waals surface area contributed by atoms with Gasteiger partial charge in [-0.15, -0.1) is 13.2 Å². The fourth-order valence-corrected chi connectivity index (χ4v) is 8.77. The van der Waals surface area contributed by atoms with Crippen LogP contribution in [-0.4, -0.2) is 97.2 Å². The normalized spacial score (nSPS) is 12.1. The number of imidazole rings is 3. The van der Waals surface area contributed by atoms with E-state index in [1.54, 1.807) is 30.3 Å². The number of halogens is 10. The lowest BCUT2D eigenvalue weighted by Crippen LogP contribution is -2.26. The molecule has 3 amide bonds. The molecule has 6 aromatic carbocycles. The molecule has 0 radical (unpaired) electrons. The van der Waals surface area contributed by atoms with Gasteiger partial charge >= 0.3 is 6.36 Å². The molecule has 3 heterocycles. The number of nitrogens with zero attached hydrogens (tertiary/aromatic N) is 3. The number of hydroxylamine groups is 3. The molecule has 31 heteroatoms. The summed E-state index contributed by atoms with van der Waals surface area (Å²) in [5, 5.41) is 26.9. The van der Waals surface area contributed by atoms with E-state index < -0.39 is 47.3 Å². The summed E-state index contributed by atoms with van der Waals surface area (Å²) in [6.45, 7) is 1.14. The number of aromatic amines is 3. The quantitative estimate of drug-likeness (QED) is 0.0204. The number of hydrogen-bond donors (Lipinski definition) is 11. The van der Waals surface area contributed by atoms with Gasteiger partial charge in [-0.25, -0.2) is 44.6 Å². The molecule has 1 aliphatic rings. The van der Waals surface area contributed by atoms with Crippen LogP contribution in [0.2, 0.25) is 15.1 Å². The smallest absolute Gasteiger partial charge is 0.406 e. The zero-order valence-corrected chi connectivity index (χ0v) is 46.4. The summed E-state index contributed by atoms with van der Waals surface area (Å²) in [6, 6.07) is 17.5. The lowest BCUT2D eigenvalue weighted by molar-refractivity contribution is -0.274. The van der Waals surface area contributed by atoms with Gasteiger partial charge in [0.1, 0.15) is 22.3 Å². The predicted octanol–water partition coefficient (Wildman–Crippen LogP) is 11.6. The number of nitrogens with one attached hydrogen (secondary N) is 9. The van der Waals surface area contributed by atoms with E-state index in [1.165, 1.54) is 56.2 Å². The number of anilines is 6. The average Bonchev–Trinajstić information content (AvgIpc) is 4.05. The second-order valence-electron chi connectivity index (χ2n) is 17.6. The van der Waals surface area contributed by atoms with Crippen molar-refractivity contribution in [1.29, 1.82) is 0 Å². The van der Waals surface area contributed by atoms with Gasteiger partial charge in [0.05, 0.1) is 124 Å². The number of aliphatic hydroxyl groups excluding tert-OH is 2. The number of aromatic nitrogens is 6. The topological polar surface area (TPSA) is 287 Å². The molecule has 21 nitrogen and oxygen atoms in total. The third kappa shape index (κ3) is 15.6. The van der Waals surface area contributed by atoms with Gasteiger partial charge in [0.15, 0.2) is 17.5 Å².